The summed E-state index contributed by atoms with van der Waals surface area (Å²) in [6.45, 7) is 1.27. The predicted octanol–water partition coefficient (Wildman–Crippen LogP) is -0.452. The first-order chi connectivity index (χ1) is 9.44. The Morgan fingerprint density at radius 1 is 1.25 bits per heavy atom. The minimum absolute atomic E-state index is 0.00711. The van der Waals surface area contributed by atoms with Gasteiger partial charge in [0.2, 0.25) is 11.8 Å². The molecule has 0 saturated carbocycles. The summed E-state index contributed by atoms with van der Waals surface area (Å²) in [6.07, 6.45) is 2.59. The molecule has 0 aromatic carbocycles. The fourth-order valence-corrected chi connectivity index (χ4v) is 5.29. The maximum Gasteiger partial charge on any atom is 0.226 e. The Kier molecular flexibility index (Phi) is 3.48. The van der Waals surface area contributed by atoms with Gasteiger partial charge in [0.15, 0.2) is 9.84 Å². The number of hydrogen-bond acceptors (Lipinski definition) is 4. The summed E-state index contributed by atoms with van der Waals surface area (Å²) in [5, 5.41) is 2.99. The van der Waals surface area contributed by atoms with E-state index in [0.29, 0.717) is 31.8 Å². The van der Waals surface area contributed by atoms with E-state index < -0.39 is 9.84 Å². The van der Waals surface area contributed by atoms with E-state index in [9.17, 15) is 18.0 Å². The molecule has 0 bridgehead atoms. The van der Waals surface area contributed by atoms with E-state index in [0.717, 1.165) is 12.8 Å². The second-order valence-corrected chi connectivity index (χ2v) is 8.37. The normalized spacial score (nSPS) is 36.3. The van der Waals surface area contributed by atoms with Crippen LogP contribution in [0.3, 0.4) is 0 Å². The highest BCUT2D eigenvalue weighted by Gasteiger charge is 2.40. The van der Waals surface area contributed by atoms with Crippen LogP contribution in [0, 0.1) is 11.8 Å². The molecule has 3 saturated heterocycles. The van der Waals surface area contributed by atoms with Crippen molar-refractivity contribution in [1.29, 1.82) is 0 Å². The molecule has 0 aliphatic carbocycles. The quantitative estimate of drug-likeness (QED) is 0.711. The van der Waals surface area contributed by atoms with E-state index in [1.807, 2.05) is 4.90 Å². The molecule has 3 aliphatic heterocycles. The number of piperidine rings is 2. The average Bonchev–Trinajstić information content (AvgIpc) is 2.77. The lowest BCUT2D eigenvalue weighted by atomic mass is 9.84. The highest BCUT2D eigenvalue weighted by atomic mass is 32.2. The molecule has 112 valence electrons. The highest BCUT2D eigenvalue weighted by molar-refractivity contribution is 7.91. The van der Waals surface area contributed by atoms with Crippen molar-refractivity contribution in [2.45, 2.75) is 31.7 Å². The number of fused-ring (bicyclic) bond motifs is 1. The van der Waals surface area contributed by atoms with Crippen LogP contribution >= 0.6 is 0 Å². The summed E-state index contributed by atoms with van der Waals surface area (Å²) in [6, 6.07) is 0.188. The van der Waals surface area contributed by atoms with Crippen molar-refractivity contribution < 1.29 is 18.0 Å². The van der Waals surface area contributed by atoms with E-state index in [1.54, 1.807) is 0 Å². The number of nitrogens with one attached hydrogen (secondary N) is 1. The molecule has 0 aromatic rings. The number of rotatable bonds is 1. The van der Waals surface area contributed by atoms with E-state index >= 15 is 0 Å². The average molecular weight is 300 g/mol. The molecule has 3 rings (SSSR count). The van der Waals surface area contributed by atoms with Gasteiger partial charge < -0.3 is 10.2 Å². The molecule has 1 N–H and O–H groups in total. The Bertz CT molecular complexity index is 530. The Morgan fingerprint density at radius 2 is 2.05 bits per heavy atom. The van der Waals surface area contributed by atoms with Crippen molar-refractivity contribution in [3.63, 3.8) is 0 Å². The van der Waals surface area contributed by atoms with Crippen LogP contribution in [0.4, 0.5) is 0 Å². The summed E-state index contributed by atoms with van der Waals surface area (Å²) in [4.78, 5) is 25.6. The number of nitrogens with zero attached hydrogens (tertiary/aromatic N) is 1. The van der Waals surface area contributed by atoms with Gasteiger partial charge in [0.25, 0.3) is 0 Å². The summed E-state index contributed by atoms with van der Waals surface area (Å²) >= 11 is 0. The Labute approximate surface area is 118 Å². The molecule has 0 aromatic heterocycles. The van der Waals surface area contributed by atoms with E-state index in [-0.39, 0.29) is 35.3 Å². The van der Waals surface area contributed by atoms with Crippen molar-refractivity contribution >= 4 is 21.7 Å². The monoisotopic (exact) mass is 300 g/mol. The van der Waals surface area contributed by atoms with Gasteiger partial charge in [-0.15, -0.1) is 0 Å². The minimum Gasteiger partial charge on any atom is -0.353 e. The van der Waals surface area contributed by atoms with Crippen LogP contribution in [0.1, 0.15) is 25.7 Å². The van der Waals surface area contributed by atoms with Gasteiger partial charge >= 0.3 is 0 Å². The standard InChI is InChI=1S/C13H20N2O4S/c16-12-2-1-9-7-15(5-3-11(9)14-12)13(17)10-4-6-20(18,19)8-10/h9-11H,1-8H2,(H,14,16). The molecular formula is C13H20N2O4S. The lowest BCUT2D eigenvalue weighted by molar-refractivity contribution is -0.138. The fourth-order valence-electron chi connectivity index (χ4n) is 3.56. The van der Waals surface area contributed by atoms with Gasteiger partial charge in [-0.25, -0.2) is 8.42 Å². The van der Waals surface area contributed by atoms with Crippen LogP contribution < -0.4 is 5.32 Å². The molecule has 3 atom stereocenters. The van der Waals surface area contributed by atoms with Crippen molar-refractivity contribution in [2.24, 2.45) is 11.8 Å². The zero-order valence-electron chi connectivity index (χ0n) is 11.4. The molecule has 0 spiro atoms. The first kappa shape index (κ1) is 13.9. The molecule has 6 nitrogen and oxygen atoms in total. The van der Waals surface area contributed by atoms with Crippen LogP contribution in [0.25, 0.3) is 0 Å². The van der Waals surface area contributed by atoms with Gasteiger partial charge in [-0.05, 0) is 25.2 Å². The van der Waals surface area contributed by atoms with Gasteiger partial charge in [-0.2, -0.15) is 0 Å². The van der Waals surface area contributed by atoms with Crippen LogP contribution in [0.5, 0.6) is 0 Å². The SMILES string of the molecule is O=C1CCC2CN(C(=O)C3CCS(=O)(=O)C3)CCC2N1. The van der Waals surface area contributed by atoms with Crippen molar-refractivity contribution in [3.05, 3.63) is 0 Å². The molecule has 3 heterocycles. The summed E-state index contributed by atoms with van der Waals surface area (Å²) in [5.74, 6) is 0.208. The molecule has 3 aliphatic rings. The van der Waals surface area contributed by atoms with Crippen LogP contribution in [0.15, 0.2) is 0 Å². The van der Waals surface area contributed by atoms with Gasteiger partial charge in [-0.3, -0.25) is 9.59 Å². The molecule has 0 radical (unpaired) electrons. The predicted molar refractivity (Wildman–Crippen MR) is 72.6 cm³/mol. The number of carbonyl (C=O) groups excluding carboxylic acids is 2. The van der Waals surface area contributed by atoms with Crippen LogP contribution in [0.2, 0.25) is 0 Å². The summed E-state index contributed by atoms with van der Waals surface area (Å²) in [7, 11) is -3.01. The summed E-state index contributed by atoms with van der Waals surface area (Å²) in [5.41, 5.74) is 0. The minimum atomic E-state index is -3.01. The third-order valence-electron chi connectivity index (χ3n) is 4.72. The topological polar surface area (TPSA) is 83.6 Å². The Balaban J connectivity index is 1.62. The molecule has 20 heavy (non-hydrogen) atoms. The zero-order chi connectivity index (χ0) is 14.3. The van der Waals surface area contributed by atoms with Crippen LogP contribution in [-0.2, 0) is 19.4 Å². The molecular weight excluding hydrogens is 280 g/mol. The third kappa shape index (κ3) is 2.68. The van der Waals surface area contributed by atoms with Crippen molar-refractivity contribution in [2.75, 3.05) is 24.6 Å². The largest absolute Gasteiger partial charge is 0.353 e. The zero-order valence-corrected chi connectivity index (χ0v) is 12.2. The second kappa shape index (κ2) is 5.02. The fraction of sp³-hybridized carbons (Fsp3) is 0.846. The number of likely N-dealkylation sites (tertiary alicyclic amines) is 1. The molecule has 7 heteroatoms. The number of carbonyl (C=O) groups is 2. The highest BCUT2D eigenvalue weighted by Crippen LogP contribution is 2.28. The Hall–Kier alpha value is -1.11. The first-order valence-electron chi connectivity index (χ1n) is 7.23. The van der Waals surface area contributed by atoms with E-state index in [2.05, 4.69) is 5.32 Å². The number of sulfone groups is 1. The maximum absolute atomic E-state index is 12.4. The molecule has 2 amide bonds. The van der Waals surface area contributed by atoms with Gasteiger partial charge in [0.05, 0.1) is 17.4 Å². The summed E-state index contributed by atoms with van der Waals surface area (Å²) < 4.78 is 22.9. The van der Waals surface area contributed by atoms with Crippen molar-refractivity contribution in [1.82, 2.24) is 10.2 Å². The smallest absolute Gasteiger partial charge is 0.226 e. The van der Waals surface area contributed by atoms with E-state index in [4.69, 9.17) is 0 Å². The lowest BCUT2D eigenvalue weighted by Gasteiger charge is -2.42. The lowest BCUT2D eigenvalue weighted by Crippen LogP contribution is -2.55. The van der Waals surface area contributed by atoms with Gasteiger partial charge in [0, 0.05) is 25.6 Å². The molecule has 3 fully saturated rings. The molecule has 3 unspecified atom stereocenters. The van der Waals surface area contributed by atoms with Crippen LogP contribution in [-0.4, -0.2) is 55.8 Å². The number of amides is 2. The number of hydrogen-bond donors (Lipinski definition) is 1. The van der Waals surface area contributed by atoms with E-state index in [1.165, 1.54) is 0 Å². The second-order valence-electron chi connectivity index (χ2n) is 6.15. The third-order valence-corrected chi connectivity index (χ3v) is 6.48. The van der Waals surface area contributed by atoms with Gasteiger partial charge in [0.1, 0.15) is 0 Å². The first-order valence-corrected chi connectivity index (χ1v) is 9.05. The maximum atomic E-state index is 12.4. The Morgan fingerprint density at radius 3 is 2.75 bits per heavy atom. The van der Waals surface area contributed by atoms with Gasteiger partial charge in [-0.1, -0.05) is 0 Å². The van der Waals surface area contributed by atoms with Crippen molar-refractivity contribution in [3.8, 4) is 0 Å².